The fraction of sp³-hybridized carbons (Fsp3) is 0.385. The van der Waals surface area contributed by atoms with Crippen molar-refractivity contribution in [3.8, 4) is 5.75 Å². The van der Waals surface area contributed by atoms with Gasteiger partial charge in [0, 0.05) is 16.1 Å². The summed E-state index contributed by atoms with van der Waals surface area (Å²) in [6, 6.07) is 5.98. The van der Waals surface area contributed by atoms with Crippen LogP contribution in [0.3, 0.4) is 0 Å². The van der Waals surface area contributed by atoms with E-state index in [4.69, 9.17) is 10.5 Å². The highest BCUT2D eigenvalue weighted by Crippen LogP contribution is 2.29. The second kappa shape index (κ2) is 6.71. The zero-order valence-corrected chi connectivity index (χ0v) is 11.2. The zero-order chi connectivity index (χ0) is 12.0. The molecule has 1 unspecified atom stereocenters. The summed E-state index contributed by atoms with van der Waals surface area (Å²) in [6.07, 6.45) is 4.94. The van der Waals surface area contributed by atoms with Crippen molar-refractivity contribution < 1.29 is 4.74 Å². The number of unbranched alkanes of at least 4 members (excludes halogenated alkanes) is 1. The van der Waals surface area contributed by atoms with Crippen LogP contribution in [0.2, 0.25) is 0 Å². The molecule has 3 heteroatoms. The Morgan fingerprint density at radius 2 is 2.31 bits per heavy atom. The minimum atomic E-state index is 0.0306. The van der Waals surface area contributed by atoms with Crippen molar-refractivity contribution in [1.29, 1.82) is 0 Å². The number of benzene rings is 1. The molecule has 2 N–H and O–H groups in total. The Kier molecular flexibility index (Phi) is 5.56. The summed E-state index contributed by atoms with van der Waals surface area (Å²) in [4.78, 5) is 0. The first kappa shape index (κ1) is 13.3. The molecule has 1 atom stereocenters. The maximum atomic E-state index is 6.13. The van der Waals surface area contributed by atoms with E-state index in [-0.39, 0.29) is 6.04 Å². The standard InChI is InChI=1S/C13H18BrNO/c1-3-4-5-6-12(15)11-8-7-10(14)9-13(11)16-2/h3,7-9,12H,1,4-6,15H2,2H3. The lowest BCUT2D eigenvalue weighted by atomic mass is 10.0. The number of allylic oxidation sites excluding steroid dienone is 1. The van der Waals surface area contributed by atoms with Crippen molar-refractivity contribution in [3.63, 3.8) is 0 Å². The van der Waals surface area contributed by atoms with E-state index in [9.17, 15) is 0 Å². The molecule has 88 valence electrons. The molecule has 0 saturated heterocycles. The molecule has 1 aromatic carbocycles. The largest absolute Gasteiger partial charge is 0.496 e. The lowest BCUT2D eigenvalue weighted by Gasteiger charge is -2.15. The van der Waals surface area contributed by atoms with E-state index in [2.05, 4.69) is 22.5 Å². The van der Waals surface area contributed by atoms with Crippen LogP contribution in [0.15, 0.2) is 35.3 Å². The lowest BCUT2D eigenvalue weighted by molar-refractivity contribution is 0.403. The predicted molar refractivity (Wildman–Crippen MR) is 71.7 cm³/mol. The number of hydrogen-bond acceptors (Lipinski definition) is 2. The van der Waals surface area contributed by atoms with Gasteiger partial charge in [0.25, 0.3) is 0 Å². The molecule has 0 aliphatic heterocycles. The summed E-state index contributed by atoms with van der Waals surface area (Å²) in [5, 5.41) is 0. The highest BCUT2D eigenvalue weighted by Gasteiger charge is 2.11. The first-order valence-electron chi connectivity index (χ1n) is 5.39. The highest BCUT2D eigenvalue weighted by molar-refractivity contribution is 9.10. The van der Waals surface area contributed by atoms with Crippen LogP contribution in [-0.2, 0) is 0 Å². The summed E-state index contributed by atoms with van der Waals surface area (Å²) < 4.78 is 6.33. The molecule has 1 aromatic rings. The minimum absolute atomic E-state index is 0.0306. The Hall–Kier alpha value is -0.800. The quantitative estimate of drug-likeness (QED) is 0.636. The molecule has 16 heavy (non-hydrogen) atoms. The number of nitrogens with two attached hydrogens (primary N) is 1. The lowest BCUT2D eigenvalue weighted by Crippen LogP contribution is -2.11. The maximum absolute atomic E-state index is 6.13. The molecule has 0 aliphatic carbocycles. The van der Waals surface area contributed by atoms with Gasteiger partial charge in [-0.2, -0.15) is 0 Å². The Morgan fingerprint density at radius 1 is 1.56 bits per heavy atom. The smallest absolute Gasteiger partial charge is 0.124 e. The molecule has 0 fully saturated rings. The molecule has 0 aliphatic rings. The second-order valence-corrected chi connectivity index (χ2v) is 4.63. The molecule has 0 amide bonds. The van der Waals surface area contributed by atoms with Gasteiger partial charge in [-0.1, -0.05) is 28.1 Å². The van der Waals surface area contributed by atoms with Gasteiger partial charge < -0.3 is 10.5 Å². The summed E-state index contributed by atoms with van der Waals surface area (Å²) in [6.45, 7) is 3.70. The van der Waals surface area contributed by atoms with Gasteiger partial charge in [0.05, 0.1) is 7.11 Å². The van der Waals surface area contributed by atoms with Crippen molar-refractivity contribution >= 4 is 15.9 Å². The van der Waals surface area contributed by atoms with Gasteiger partial charge in [-0.15, -0.1) is 6.58 Å². The Labute approximate surface area is 106 Å². The van der Waals surface area contributed by atoms with E-state index >= 15 is 0 Å². The molecule has 0 heterocycles. The Morgan fingerprint density at radius 3 is 2.94 bits per heavy atom. The molecule has 0 saturated carbocycles. The number of ether oxygens (including phenoxy) is 1. The first-order chi connectivity index (χ1) is 7.69. The molecule has 1 rings (SSSR count). The average Bonchev–Trinajstić information content (AvgIpc) is 2.29. The monoisotopic (exact) mass is 283 g/mol. The van der Waals surface area contributed by atoms with Gasteiger partial charge in [0.15, 0.2) is 0 Å². The number of rotatable bonds is 6. The normalized spacial score (nSPS) is 12.2. The molecular weight excluding hydrogens is 266 g/mol. The summed E-state index contributed by atoms with van der Waals surface area (Å²) in [5.74, 6) is 0.848. The van der Waals surface area contributed by atoms with Crippen LogP contribution in [0.5, 0.6) is 5.75 Å². The third-order valence-corrected chi connectivity index (χ3v) is 3.01. The van der Waals surface area contributed by atoms with Crippen LogP contribution in [0.1, 0.15) is 30.9 Å². The van der Waals surface area contributed by atoms with Gasteiger partial charge in [0.1, 0.15) is 5.75 Å². The fourth-order valence-corrected chi connectivity index (χ4v) is 1.97. The number of hydrogen-bond donors (Lipinski definition) is 1. The molecule has 0 bridgehead atoms. The molecule has 0 spiro atoms. The van der Waals surface area contributed by atoms with Crippen LogP contribution >= 0.6 is 15.9 Å². The van der Waals surface area contributed by atoms with Gasteiger partial charge in [0.2, 0.25) is 0 Å². The van der Waals surface area contributed by atoms with Crippen molar-refractivity contribution in [1.82, 2.24) is 0 Å². The van der Waals surface area contributed by atoms with Crippen molar-refractivity contribution in [2.24, 2.45) is 5.73 Å². The van der Waals surface area contributed by atoms with E-state index in [0.717, 1.165) is 35.0 Å². The predicted octanol–water partition coefficient (Wildman–Crippen LogP) is 3.81. The van der Waals surface area contributed by atoms with E-state index in [1.54, 1.807) is 7.11 Å². The van der Waals surface area contributed by atoms with E-state index in [1.807, 2.05) is 24.3 Å². The molecule has 0 radical (unpaired) electrons. The summed E-state index contributed by atoms with van der Waals surface area (Å²) in [7, 11) is 1.67. The van der Waals surface area contributed by atoms with Crippen LogP contribution in [0.25, 0.3) is 0 Å². The van der Waals surface area contributed by atoms with Crippen molar-refractivity contribution in [2.45, 2.75) is 25.3 Å². The summed E-state index contributed by atoms with van der Waals surface area (Å²) in [5.41, 5.74) is 7.20. The topological polar surface area (TPSA) is 35.2 Å². The highest BCUT2D eigenvalue weighted by atomic mass is 79.9. The van der Waals surface area contributed by atoms with Gasteiger partial charge >= 0.3 is 0 Å². The van der Waals surface area contributed by atoms with Gasteiger partial charge in [-0.3, -0.25) is 0 Å². The first-order valence-corrected chi connectivity index (χ1v) is 6.18. The van der Waals surface area contributed by atoms with Crippen LogP contribution in [0.4, 0.5) is 0 Å². The van der Waals surface area contributed by atoms with Crippen molar-refractivity contribution in [2.75, 3.05) is 7.11 Å². The average molecular weight is 284 g/mol. The SMILES string of the molecule is C=CCCCC(N)c1ccc(Br)cc1OC. The zero-order valence-electron chi connectivity index (χ0n) is 9.58. The van der Waals surface area contributed by atoms with Crippen LogP contribution in [0, 0.1) is 0 Å². The number of methoxy groups -OCH3 is 1. The third kappa shape index (κ3) is 3.65. The fourth-order valence-electron chi connectivity index (χ4n) is 1.63. The minimum Gasteiger partial charge on any atom is -0.496 e. The van der Waals surface area contributed by atoms with E-state index in [1.165, 1.54) is 0 Å². The van der Waals surface area contributed by atoms with Gasteiger partial charge in [-0.05, 0) is 31.4 Å². The molecular formula is C13H18BrNO. The van der Waals surface area contributed by atoms with Crippen LogP contribution < -0.4 is 10.5 Å². The summed E-state index contributed by atoms with van der Waals surface area (Å²) >= 11 is 3.42. The third-order valence-electron chi connectivity index (χ3n) is 2.52. The van der Waals surface area contributed by atoms with E-state index < -0.39 is 0 Å². The second-order valence-electron chi connectivity index (χ2n) is 3.71. The van der Waals surface area contributed by atoms with Crippen molar-refractivity contribution in [3.05, 3.63) is 40.9 Å². The molecule has 0 aromatic heterocycles. The van der Waals surface area contributed by atoms with Crippen LogP contribution in [-0.4, -0.2) is 7.11 Å². The van der Waals surface area contributed by atoms with E-state index in [0.29, 0.717) is 0 Å². The molecule has 2 nitrogen and oxygen atoms in total. The van der Waals surface area contributed by atoms with Gasteiger partial charge in [-0.25, -0.2) is 0 Å². The maximum Gasteiger partial charge on any atom is 0.124 e. The number of halogens is 1. The Bertz CT molecular complexity index is 352. The Balaban J connectivity index is 2.73.